The molecule has 2 aromatic carbocycles. The maximum atomic E-state index is 13.4. The van der Waals surface area contributed by atoms with E-state index in [0.29, 0.717) is 72.9 Å². The first-order valence-corrected chi connectivity index (χ1v) is 13.0. The summed E-state index contributed by atoms with van der Waals surface area (Å²) in [6.45, 7) is 5.04. The third-order valence-corrected chi connectivity index (χ3v) is 6.59. The number of hydrazone groups is 1. The first-order chi connectivity index (χ1) is 19.9. The minimum Gasteiger partial charge on any atom is -0.493 e. The van der Waals surface area contributed by atoms with Crippen molar-refractivity contribution in [3.05, 3.63) is 70.0 Å². The van der Waals surface area contributed by atoms with Crippen LogP contribution in [0.2, 0.25) is 5.02 Å². The van der Waals surface area contributed by atoms with E-state index in [1.807, 2.05) is 18.2 Å². The summed E-state index contributed by atoms with van der Waals surface area (Å²) in [6, 6.07) is 12.8. The zero-order valence-electron chi connectivity index (χ0n) is 22.4. The summed E-state index contributed by atoms with van der Waals surface area (Å²) in [5, 5.41) is 20.6. The van der Waals surface area contributed by atoms with Crippen LogP contribution < -0.4 is 20.6 Å². The second-order valence-electron chi connectivity index (χ2n) is 9.08. The zero-order valence-corrected chi connectivity index (χ0v) is 23.2. The quantitative estimate of drug-likeness (QED) is 0.208. The van der Waals surface area contributed by atoms with Crippen LogP contribution in [0.4, 0.5) is 5.82 Å². The van der Waals surface area contributed by atoms with Gasteiger partial charge in [0.25, 0.3) is 5.91 Å². The van der Waals surface area contributed by atoms with Crippen molar-refractivity contribution < 1.29 is 23.6 Å². The van der Waals surface area contributed by atoms with E-state index in [2.05, 4.69) is 36.1 Å². The summed E-state index contributed by atoms with van der Waals surface area (Å²) in [5.41, 5.74) is 11.2. The van der Waals surface area contributed by atoms with Gasteiger partial charge in [-0.25, -0.2) is 10.1 Å². The molecule has 15 heteroatoms. The number of nitrogens with zero attached hydrogens (tertiary/aromatic N) is 7. The average Bonchev–Trinajstić information content (AvgIpc) is 3.61. The highest BCUT2D eigenvalue weighted by Crippen LogP contribution is 2.29. The van der Waals surface area contributed by atoms with E-state index < -0.39 is 5.91 Å². The van der Waals surface area contributed by atoms with Crippen LogP contribution in [0.15, 0.2) is 52.2 Å². The number of aromatic nitrogens is 5. The smallest absolute Gasteiger partial charge is 0.292 e. The highest BCUT2D eigenvalue weighted by Gasteiger charge is 2.27. The molecular formula is C26H28ClN9O5. The number of carbonyl (C=O) groups excluding carboxylic acids is 1. The Morgan fingerprint density at radius 2 is 1.93 bits per heavy atom. The molecule has 5 rings (SSSR count). The number of hydrogen-bond donors (Lipinski definition) is 2. The number of ether oxygens (including phenoxy) is 3. The molecule has 1 amide bonds. The molecule has 14 nitrogen and oxygen atoms in total. The van der Waals surface area contributed by atoms with E-state index in [4.69, 9.17) is 36.2 Å². The number of nitrogen functional groups attached to an aromatic ring is 1. The van der Waals surface area contributed by atoms with Gasteiger partial charge in [0, 0.05) is 30.2 Å². The lowest BCUT2D eigenvalue weighted by Gasteiger charge is -2.25. The van der Waals surface area contributed by atoms with Crippen LogP contribution in [0.5, 0.6) is 11.5 Å². The molecule has 41 heavy (non-hydrogen) atoms. The van der Waals surface area contributed by atoms with Crippen molar-refractivity contribution in [1.29, 1.82) is 0 Å². The number of methoxy groups -OCH3 is 1. The third-order valence-electron chi connectivity index (χ3n) is 6.34. The number of benzene rings is 2. The third kappa shape index (κ3) is 6.62. The Hall–Kier alpha value is -4.53. The Morgan fingerprint density at radius 1 is 1.15 bits per heavy atom. The first kappa shape index (κ1) is 28.0. The van der Waals surface area contributed by atoms with Crippen molar-refractivity contribution >= 4 is 29.0 Å². The van der Waals surface area contributed by atoms with Crippen LogP contribution in [0.25, 0.3) is 5.82 Å². The van der Waals surface area contributed by atoms with Gasteiger partial charge in [0.05, 0.1) is 26.0 Å². The number of hydrogen-bond acceptors (Lipinski definition) is 12. The fourth-order valence-corrected chi connectivity index (χ4v) is 4.24. The zero-order chi connectivity index (χ0) is 28.8. The molecule has 0 radical (unpaired) electrons. The highest BCUT2D eigenvalue weighted by atomic mass is 35.5. The van der Waals surface area contributed by atoms with E-state index in [1.54, 1.807) is 38.3 Å². The van der Waals surface area contributed by atoms with Crippen LogP contribution in [0.3, 0.4) is 0 Å². The number of anilines is 1. The largest absolute Gasteiger partial charge is 0.493 e. The molecule has 214 valence electrons. The molecule has 4 aromatic rings. The van der Waals surface area contributed by atoms with Gasteiger partial charge in [0.2, 0.25) is 11.6 Å². The van der Waals surface area contributed by atoms with Crippen molar-refractivity contribution in [2.45, 2.75) is 20.1 Å². The second-order valence-corrected chi connectivity index (χ2v) is 9.51. The summed E-state index contributed by atoms with van der Waals surface area (Å²) >= 11 is 5.96. The molecule has 3 N–H and O–H groups in total. The Morgan fingerprint density at radius 3 is 2.63 bits per heavy atom. The molecule has 0 spiro atoms. The normalized spacial score (nSPS) is 14.2. The summed E-state index contributed by atoms with van der Waals surface area (Å²) in [7, 11) is 1.55. The molecule has 1 fully saturated rings. The topological polar surface area (TPSA) is 168 Å². The summed E-state index contributed by atoms with van der Waals surface area (Å²) in [4.78, 5) is 15.5. The van der Waals surface area contributed by atoms with E-state index in [1.165, 1.54) is 4.68 Å². The lowest BCUT2D eigenvalue weighted by molar-refractivity contribution is 0.0335. The standard InChI is InChI=1S/C26H28ClN9O5/c1-16(18-5-8-21(22(13-18)38-2)40-15-17-3-6-19(27)7-4-17)29-31-26(37)23-20(14-35-9-11-39-12-10-35)30-34-36(23)25-24(28)32-41-33-25/h3-8,13H,9-12,14-15H2,1-2H3,(H2,28,32)(H,31,37)/b29-16-. The highest BCUT2D eigenvalue weighted by molar-refractivity contribution is 6.30. The molecule has 2 aromatic heterocycles. The lowest BCUT2D eigenvalue weighted by atomic mass is 10.1. The molecule has 0 unspecified atom stereocenters. The van der Waals surface area contributed by atoms with E-state index in [0.717, 1.165) is 5.56 Å². The van der Waals surface area contributed by atoms with Gasteiger partial charge in [-0.15, -0.1) is 5.10 Å². The van der Waals surface area contributed by atoms with Crippen molar-refractivity contribution in [1.82, 2.24) is 35.6 Å². The minimum absolute atomic E-state index is 0.0352. The molecular weight excluding hydrogens is 554 g/mol. The Bertz CT molecular complexity index is 1530. The number of halogens is 1. The van der Waals surface area contributed by atoms with Gasteiger partial charge in [-0.2, -0.15) is 9.78 Å². The summed E-state index contributed by atoms with van der Waals surface area (Å²) < 4.78 is 22.8. The maximum absolute atomic E-state index is 13.4. The Kier molecular flexibility index (Phi) is 8.72. The Balaban J connectivity index is 1.33. The molecule has 0 saturated carbocycles. The number of nitrogens with one attached hydrogen (secondary N) is 1. The van der Waals surface area contributed by atoms with Gasteiger partial charge in [0.15, 0.2) is 17.2 Å². The maximum Gasteiger partial charge on any atom is 0.292 e. The molecule has 1 saturated heterocycles. The average molecular weight is 582 g/mol. The molecule has 1 aliphatic heterocycles. The van der Waals surface area contributed by atoms with Crippen molar-refractivity contribution in [3.8, 4) is 17.3 Å². The first-order valence-electron chi connectivity index (χ1n) is 12.7. The summed E-state index contributed by atoms with van der Waals surface area (Å²) in [5.74, 6) is 0.531. The fourth-order valence-electron chi connectivity index (χ4n) is 4.11. The van der Waals surface area contributed by atoms with Crippen molar-refractivity contribution in [2.24, 2.45) is 5.10 Å². The number of carbonyl (C=O) groups is 1. The Labute approximate surface area is 239 Å². The predicted molar refractivity (Wildman–Crippen MR) is 148 cm³/mol. The van der Waals surface area contributed by atoms with Crippen molar-refractivity contribution in [2.75, 3.05) is 39.1 Å². The summed E-state index contributed by atoms with van der Waals surface area (Å²) in [6.07, 6.45) is 0. The van der Waals surface area contributed by atoms with Gasteiger partial charge in [-0.3, -0.25) is 9.69 Å². The molecule has 0 aliphatic carbocycles. The van der Waals surface area contributed by atoms with Crippen LogP contribution in [-0.4, -0.2) is 75.2 Å². The van der Waals surface area contributed by atoms with Gasteiger partial charge in [-0.05, 0) is 53.1 Å². The molecule has 0 atom stereocenters. The predicted octanol–water partition coefficient (Wildman–Crippen LogP) is 2.46. The lowest BCUT2D eigenvalue weighted by Crippen LogP contribution is -2.36. The van der Waals surface area contributed by atoms with Gasteiger partial charge >= 0.3 is 0 Å². The van der Waals surface area contributed by atoms with E-state index in [9.17, 15) is 4.79 Å². The van der Waals surface area contributed by atoms with Crippen LogP contribution >= 0.6 is 11.6 Å². The number of amides is 1. The SMILES string of the molecule is COc1cc(/C(C)=N\NC(=O)c2c(CN3CCOCC3)nnn2-c2nonc2N)ccc1OCc1ccc(Cl)cc1. The number of nitrogens with two attached hydrogens (primary N) is 1. The van der Waals surface area contributed by atoms with Crippen LogP contribution in [0.1, 0.15) is 34.2 Å². The van der Waals surface area contributed by atoms with Gasteiger partial charge < -0.3 is 19.9 Å². The van der Waals surface area contributed by atoms with Crippen LogP contribution in [-0.2, 0) is 17.9 Å². The molecule has 0 bridgehead atoms. The van der Waals surface area contributed by atoms with Gasteiger partial charge in [-0.1, -0.05) is 28.9 Å². The van der Waals surface area contributed by atoms with E-state index >= 15 is 0 Å². The number of morpholine rings is 1. The molecule has 1 aliphatic rings. The number of rotatable bonds is 10. The van der Waals surface area contributed by atoms with Crippen LogP contribution in [0, 0.1) is 0 Å². The van der Waals surface area contributed by atoms with E-state index in [-0.39, 0.29) is 17.3 Å². The monoisotopic (exact) mass is 581 g/mol. The second kappa shape index (κ2) is 12.8. The minimum atomic E-state index is -0.560. The fraction of sp³-hybridized carbons (Fsp3) is 0.308. The van der Waals surface area contributed by atoms with Crippen molar-refractivity contribution in [3.63, 3.8) is 0 Å². The molecule has 3 heterocycles. The van der Waals surface area contributed by atoms with Gasteiger partial charge in [0.1, 0.15) is 12.3 Å².